The number of hydrogen-bond donors (Lipinski definition) is 4. The molecule has 2 rings (SSSR count). The molecule has 2 atom stereocenters. The molecular formula is C19H25N3O5. The molecular weight excluding hydrogens is 350 g/mol. The zero-order valence-corrected chi connectivity index (χ0v) is 15.1. The summed E-state index contributed by atoms with van der Waals surface area (Å²) in [5, 5.41) is 11.9. The Bertz CT molecular complexity index is 677. The normalized spacial score (nSPS) is 19.0. The molecule has 1 fully saturated rings. The third-order valence-corrected chi connectivity index (χ3v) is 4.66. The van der Waals surface area contributed by atoms with E-state index in [1.165, 1.54) is 0 Å². The van der Waals surface area contributed by atoms with Crippen molar-refractivity contribution >= 4 is 23.7 Å². The summed E-state index contributed by atoms with van der Waals surface area (Å²) < 4.78 is 0. The van der Waals surface area contributed by atoms with Gasteiger partial charge in [-0.1, -0.05) is 43.2 Å². The lowest BCUT2D eigenvalue weighted by molar-refractivity contribution is -0.149. The number of benzene rings is 1. The maximum atomic E-state index is 12.1. The monoisotopic (exact) mass is 375 g/mol. The van der Waals surface area contributed by atoms with E-state index in [4.69, 9.17) is 0 Å². The largest absolute Gasteiger partial charge is 0.481 e. The van der Waals surface area contributed by atoms with Crippen molar-refractivity contribution in [3.63, 3.8) is 0 Å². The minimum absolute atomic E-state index is 0.00425. The summed E-state index contributed by atoms with van der Waals surface area (Å²) in [4.78, 5) is 47.0. The molecule has 0 heterocycles. The van der Waals surface area contributed by atoms with Crippen molar-refractivity contribution in [1.29, 1.82) is 0 Å². The average Bonchev–Trinajstić information content (AvgIpc) is 2.69. The maximum absolute atomic E-state index is 12.1. The van der Waals surface area contributed by atoms with Gasteiger partial charge >= 0.3 is 5.97 Å². The van der Waals surface area contributed by atoms with Gasteiger partial charge in [0.15, 0.2) is 0 Å². The Morgan fingerprint density at radius 2 is 1.52 bits per heavy atom. The standard InChI is InChI=1S/C19H25N3O5/c23-16(20-12-13-6-2-1-3-7-13)10-11-17(24)21-22-18(25)14-8-4-5-9-15(14)19(26)27/h1-3,6-7,14-15H,4-5,8-12H2,(H,20,23)(H,21,24)(H,22,25)(H,26,27)/t14-,15+/m0/s1. The Morgan fingerprint density at radius 3 is 2.19 bits per heavy atom. The second-order valence-electron chi connectivity index (χ2n) is 6.64. The molecule has 146 valence electrons. The zero-order valence-electron chi connectivity index (χ0n) is 15.1. The summed E-state index contributed by atoms with van der Waals surface area (Å²) in [6.45, 7) is 0.385. The first-order chi connectivity index (χ1) is 13.0. The Hall–Kier alpha value is -2.90. The lowest BCUT2D eigenvalue weighted by atomic mass is 9.79. The minimum atomic E-state index is -0.990. The molecule has 0 aromatic heterocycles. The minimum Gasteiger partial charge on any atom is -0.481 e. The van der Waals surface area contributed by atoms with E-state index in [-0.39, 0.29) is 18.7 Å². The molecule has 1 aliphatic rings. The van der Waals surface area contributed by atoms with Crippen molar-refractivity contribution in [2.75, 3.05) is 0 Å². The van der Waals surface area contributed by atoms with Crippen molar-refractivity contribution in [1.82, 2.24) is 16.2 Å². The number of amides is 3. The number of rotatable bonds is 7. The van der Waals surface area contributed by atoms with Gasteiger partial charge < -0.3 is 10.4 Å². The summed E-state index contributed by atoms with van der Waals surface area (Å²) in [5.74, 6) is -3.62. The third-order valence-electron chi connectivity index (χ3n) is 4.66. The van der Waals surface area contributed by atoms with Crippen molar-refractivity contribution in [2.45, 2.75) is 45.1 Å². The van der Waals surface area contributed by atoms with Crippen LogP contribution >= 0.6 is 0 Å². The molecule has 0 bridgehead atoms. The van der Waals surface area contributed by atoms with Crippen LogP contribution in [0.1, 0.15) is 44.1 Å². The van der Waals surface area contributed by atoms with Gasteiger partial charge in [0.1, 0.15) is 0 Å². The van der Waals surface area contributed by atoms with E-state index in [0.29, 0.717) is 19.4 Å². The first-order valence-corrected chi connectivity index (χ1v) is 9.09. The highest BCUT2D eigenvalue weighted by molar-refractivity contribution is 5.88. The van der Waals surface area contributed by atoms with Gasteiger partial charge in [-0.2, -0.15) is 0 Å². The maximum Gasteiger partial charge on any atom is 0.307 e. The second kappa shape index (κ2) is 10.3. The Balaban J connectivity index is 1.67. The molecule has 0 saturated heterocycles. The molecule has 3 amide bonds. The highest BCUT2D eigenvalue weighted by Crippen LogP contribution is 2.30. The number of carboxylic acid groups (broad SMARTS) is 1. The van der Waals surface area contributed by atoms with E-state index in [9.17, 15) is 24.3 Å². The molecule has 8 nitrogen and oxygen atoms in total. The molecule has 0 aliphatic heterocycles. The van der Waals surface area contributed by atoms with Crippen LogP contribution in [0, 0.1) is 11.8 Å². The average molecular weight is 375 g/mol. The van der Waals surface area contributed by atoms with Crippen molar-refractivity contribution in [3.8, 4) is 0 Å². The number of hydrazine groups is 1. The SMILES string of the molecule is O=C(CCC(=O)NNC(=O)[C@H]1CCCC[C@H]1C(=O)O)NCc1ccccc1. The van der Waals surface area contributed by atoms with Crippen LogP contribution in [-0.2, 0) is 25.7 Å². The van der Waals surface area contributed by atoms with Crippen LogP contribution in [-0.4, -0.2) is 28.8 Å². The summed E-state index contributed by atoms with van der Waals surface area (Å²) in [6, 6.07) is 9.41. The van der Waals surface area contributed by atoms with Crippen molar-refractivity contribution in [3.05, 3.63) is 35.9 Å². The molecule has 1 aliphatic carbocycles. The van der Waals surface area contributed by atoms with Gasteiger partial charge in [0.05, 0.1) is 11.8 Å². The van der Waals surface area contributed by atoms with Gasteiger partial charge in [-0.15, -0.1) is 0 Å². The molecule has 0 radical (unpaired) electrons. The zero-order chi connectivity index (χ0) is 19.6. The van der Waals surface area contributed by atoms with Crippen LogP contribution in [0.15, 0.2) is 30.3 Å². The van der Waals surface area contributed by atoms with Crippen LogP contribution in [0.2, 0.25) is 0 Å². The van der Waals surface area contributed by atoms with Crippen LogP contribution in [0.5, 0.6) is 0 Å². The van der Waals surface area contributed by atoms with Crippen molar-refractivity contribution in [2.24, 2.45) is 11.8 Å². The summed E-state index contributed by atoms with van der Waals surface area (Å²) in [6.07, 6.45) is 2.44. The molecule has 4 N–H and O–H groups in total. The predicted octanol–water partition coefficient (Wildman–Crippen LogP) is 1.12. The molecule has 0 unspecified atom stereocenters. The molecule has 8 heteroatoms. The number of hydrogen-bond acceptors (Lipinski definition) is 4. The van der Waals surface area contributed by atoms with Gasteiger partial charge in [0, 0.05) is 19.4 Å². The first-order valence-electron chi connectivity index (χ1n) is 9.09. The second-order valence-corrected chi connectivity index (χ2v) is 6.64. The molecule has 1 aromatic rings. The predicted molar refractivity (Wildman–Crippen MR) is 96.9 cm³/mol. The first kappa shape index (κ1) is 20.4. The topological polar surface area (TPSA) is 125 Å². The van der Waals surface area contributed by atoms with Crippen LogP contribution in [0.3, 0.4) is 0 Å². The van der Waals surface area contributed by atoms with Gasteiger partial charge in [-0.05, 0) is 18.4 Å². The fourth-order valence-electron chi connectivity index (χ4n) is 3.14. The molecule has 1 saturated carbocycles. The number of carboxylic acids is 1. The van der Waals surface area contributed by atoms with E-state index >= 15 is 0 Å². The summed E-state index contributed by atoms with van der Waals surface area (Å²) in [7, 11) is 0. The highest BCUT2D eigenvalue weighted by Gasteiger charge is 2.35. The van der Waals surface area contributed by atoms with E-state index in [1.807, 2.05) is 30.3 Å². The number of aliphatic carboxylic acids is 1. The van der Waals surface area contributed by atoms with Crippen molar-refractivity contribution < 1.29 is 24.3 Å². The molecule has 1 aromatic carbocycles. The Kier molecular flexibility index (Phi) is 7.79. The van der Waals surface area contributed by atoms with Crippen LogP contribution in [0.4, 0.5) is 0 Å². The van der Waals surface area contributed by atoms with E-state index in [1.54, 1.807) is 0 Å². The molecule has 27 heavy (non-hydrogen) atoms. The third kappa shape index (κ3) is 6.73. The fraction of sp³-hybridized carbons (Fsp3) is 0.474. The van der Waals surface area contributed by atoms with E-state index in [2.05, 4.69) is 16.2 Å². The smallest absolute Gasteiger partial charge is 0.307 e. The quantitative estimate of drug-likeness (QED) is 0.532. The Labute approximate surface area is 157 Å². The summed E-state index contributed by atoms with van der Waals surface area (Å²) in [5.41, 5.74) is 5.50. The number of nitrogens with one attached hydrogen (secondary N) is 3. The fourth-order valence-corrected chi connectivity index (χ4v) is 3.14. The lowest BCUT2D eigenvalue weighted by Gasteiger charge is -2.27. The van der Waals surface area contributed by atoms with Gasteiger partial charge in [-0.3, -0.25) is 30.0 Å². The molecule has 0 spiro atoms. The lowest BCUT2D eigenvalue weighted by Crippen LogP contribution is -2.48. The summed E-state index contributed by atoms with van der Waals surface area (Å²) >= 11 is 0. The van der Waals surface area contributed by atoms with Gasteiger partial charge in [-0.25, -0.2) is 0 Å². The van der Waals surface area contributed by atoms with Crippen LogP contribution < -0.4 is 16.2 Å². The van der Waals surface area contributed by atoms with Gasteiger partial charge in [0.25, 0.3) is 0 Å². The number of carbonyl (C=O) groups excluding carboxylic acids is 3. The van der Waals surface area contributed by atoms with E-state index < -0.39 is 29.6 Å². The number of carbonyl (C=O) groups is 4. The highest BCUT2D eigenvalue weighted by atomic mass is 16.4. The van der Waals surface area contributed by atoms with Crippen LogP contribution in [0.25, 0.3) is 0 Å². The van der Waals surface area contributed by atoms with E-state index in [0.717, 1.165) is 18.4 Å². The van der Waals surface area contributed by atoms with Gasteiger partial charge in [0.2, 0.25) is 17.7 Å². The Morgan fingerprint density at radius 1 is 0.889 bits per heavy atom.